The number of ether oxygens (including phenoxy) is 1. The van der Waals surface area contributed by atoms with Crippen LogP contribution in [0.3, 0.4) is 0 Å². The van der Waals surface area contributed by atoms with E-state index in [1.54, 1.807) is 18.9 Å². The van der Waals surface area contributed by atoms with Crippen LogP contribution in [0.2, 0.25) is 0 Å². The van der Waals surface area contributed by atoms with Gasteiger partial charge in [-0.05, 0) is 36.1 Å². The Kier molecular flexibility index (Phi) is 4.40. The molecule has 0 aromatic heterocycles. The number of nitrogens with zero attached hydrogens (tertiary/aromatic N) is 1. The third-order valence-electron chi connectivity index (χ3n) is 4.38. The minimum atomic E-state index is -0.0412. The van der Waals surface area contributed by atoms with E-state index < -0.39 is 0 Å². The van der Waals surface area contributed by atoms with E-state index in [2.05, 4.69) is 18.3 Å². The van der Waals surface area contributed by atoms with Gasteiger partial charge in [0.1, 0.15) is 5.75 Å². The first kappa shape index (κ1) is 14.7. The first-order valence-electron chi connectivity index (χ1n) is 7.52. The van der Waals surface area contributed by atoms with Crippen LogP contribution in [0, 0.1) is 5.92 Å². The number of methoxy groups -OCH3 is 1. The average molecular weight is 306 g/mol. The topological polar surface area (TPSA) is 41.6 Å². The average Bonchev–Trinajstić information content (AvgIpc) is 3.06. The van der Waals surface area contributed by atoms with Crippen LogP contribution in [0.4, 0.5) is 5.69 Å². The number of nitrogens with one attached hydrogen (secondary N) is 1. The van der Waals surface area contributed by atoms with Crippen LogP contribution in [0.25, 0.3) is 0 Å². The molecule has 21 heavy (non-hydrogen) atoms. The van der Waals surface area contributed by atoms with Gasteiger partial charge in [0.25, 0.3) is 0 Å². The highest BCUT2D eigenvalue weighted by Gasteiger charge is 2.33. The van der Waals surface area contributed by atoms with Crippen LogP contribution >= 0.6 is 11.8 Å². The molecule has 0 aliphatic carbocycles. The Morgan fingerprint density at radius 1 is 1.52 bits per heavy atom. The zero-order valence-electron chi connectivity index (χ0n) is 12.6. The van der Waals surface area contributed by atoms with Crippen molar-refractivity contribution in [3.63, 3.8) is 0 Å². The zero-order valence-corrected chi connectivity index (χ0v) is 13.4. The summed E-state index contributed by atoms with van der Waals surface area (Å²) in [6.07, 6.45) is 2.12. The number of benzene rings is 1. The molecule has 2 heterocycles. The van der Waals surface area contributed by atoms with Crippen LogP contribution in [0.15, 0.2) is 18.2 Å². The number of fused-ring (bicyclic) bond motifs is 1. The molecular formula is C16H22N2O2S. The highest BCUT2D eigenvalue weighted by atomic mass is 32.2. The maximum absolute atomic E-state index is 12.8. The minimum Gasteiger partial charge on any atom is -0.497 e. The van der Waals surface area contributed by atoms with E-state index in [0.717, 1.165) is 42.5 Å². The molecule has 1 aromatic rings. The monoisotopic (exact) mass is 306 g/mol. The molecule has 1 fully saturated rings. The van der Waals surface area contributed by atoms with Crippen molar-refractivity contribution in [2.75, 3.05) is 30.2 Å². The Morgan fingerprint density at radius 2 is 2.38 bits per heavy atom. The van der Waals surface area contributed by atoms with E-state index in [-0.39, 0.29) is 11.9 Å². The van der Waals surface area contributed by atoms with Gasteiger partial charge in [-0.25, -0.2) is 0 Å². The second-order valence-electron chi connectivity index (χ2n) is 5.69. The lowest BCUT2D eigenvalue weighted by molar-refractivity contribution is -0.120. The summed E-state index contributed by atoms with van der Waals surface area (Å²) in [5.74, 6) is 3.36. The van der Waals surface area contributed by atoms with Crippen LogP contribution in [-0.4, -0.2) is 37.2 Å². The van der Waals surface area contributed by atoms with Crippen LogP contribution in [-0.2, 0) is 11.2 Å². The SMILES string of the molecule is CCC1Cc2cc(OC)ccc2N(C(=O)C2CSCN2)C1. The summed E-state index contributed by atoms with van der Waals surface area (Å²) >= 11 is 1.79. The highest BCUT2D eigenvalue weighted by molar-refractivity contribution is 7.99. The second-order valence-corrected chi connectivity index (χ2v) is 6.72. The van der Waals surface area contributed by atoms with Gasteiger partial charge >= 0.3 is 0 Å². The van der Waals surface area contributed by atoms with Crippen molar-refractivity contribution in [1.82, 2.24) is 5.32 Å². The molecule has 0 bridgehead atoms. The fraction of sp³-hybridized carbons (Fsp3) is 0.562. The summed E-state index contributed by atoms with van der Waals surface area (Å²) in [5, 5.41) is 3.29. The number of hydrogen-bond donors (Lipinski definition) is 1. The molecule has 0 saturated carbocycles. The summed E-state index contributed by atoms with van der Waals surface area (Å²) in [7, 11) is 1.68. The quantitative estimate of drug-likeness (QED) is 0.930. The number of amides is 1. The Bertz CT molecular complexity index is 529. The van der Waals surface area contributed by atoms with E-state index in [9.17, 15) is 4.79 Å². The van der Waals surface area contributed by atoms with Crippen molar-refractivity contribution in [2.45, 2.75) is 25.8 Å². The summed E-state index contributed by atoms with van der Waals surface area (Å²) in [4.78, 5) is 14.8. The van der Waals surface area contributed by atoms with E-state index in [0.29, 0.717) is 5.92 Å². The van der Waals surface area contributed by atoms with Crippen molar-refractivity contribution in [3.05, 3.63) is 23.8 Å². The number of anilines is 1. The molecule has 4 nitrogen and oxygen atoms in total. The van der Waals surface area contributed by atoms with E-state index >= 15 is 0 Å². The first-order valence-corrected chi connectivity index (χ1v) is 8.67. The Hall–Kier alpha value is -1.20. The van der Waals surface area contributed by atoms with Crippen LogP contribution in [0.1, 0.15) is 18.9 Å². The Morgan fingerprint density at radius 3 is 3.05 bits per heavy atom. The number of thioether (sulfide) groups is 1. The minimum absolute atomic E-state index is 0.0412. The molecule has 3 rings (SSSR count). The smallest absolute Gasteiger partial charge is 0.245 e. The lowest BCUT2D eigenvalue weighted by Crippen LogP contribution is -2.49. The normalized spacial score (nSPS) is 24.8. The molecule has 2 atom stereocenters. The standard InChI is InChI=1S/C16H22N2O2S/c1-3-11-6-12-7-13(20-2)4-5-15(12)18(8-11)16(19)14-9-21-10-17-14/h4-5,7,11,14,17H,3,6,8-10H2,1-2H3. The second kappa shape index (κ2) is 6.28. The predicted molar refractivity (Wildman–Crippen MR) is 87.1 cm³/mol. The first-order chi connectivity index (χ1) is 10.2. The fourth-order valence-corrected chi connectivity index (χ4v) is 4.00. The van der Waals surface area contributed by atoms with Gasteiger partial charge in [-0.1, -0.05) is 13.3 Å². The zero-order chi connectivity index (χ0) is 14.8. The van der Waals surface area contributed by atoms with Gasteiger partial charge in [0.2, 0.25) is 5.91 Å². The molecule has 1 aromatic carbocycles. The third-order valence-corrected chi connectivity index (χ3v) is 5.32. The summed E-state index contributed by atoms with van der Waals surface area (Å²) in [6, 6.07) is 6.01. The van der Waals surface area contributed by atoms with Crippen molar-refractivity contribution in [3.8, 4) is 5.75 Å². The number of hydrogen-bond acceptors (Lipinski definition) is 4. The lowest BCUT2D eigenvalue weighted by Gasteiger charge is -2.35. The predicted octanol–water partition coefficient (Wildman–Crippen LogP) is 2.27. The highest BCUT2D eigenvalue weighted by Crippen LogP contribution is 2.34. The molecule has 1 saturated heterocycles. The van der Waals surface area contributed by atoms with Gasteiger partial charge in [-0.15, -0.1) is 11.8 Å². The molecule has 114 valence electrons. The third kappa shape index (κ3) is 2.90. The maximum Gasteiger partial charge on any atom is 0.245 e. The van der Waals surface area contributed by atoms with Gasteiger partial charge < -0.3 is 9.64 Å². The van der Waals surface area contributed by atoms with Crippen molar-refractivity contribution in [2.24, 2.45) is 5.92 Å². The fourth-order valence-electron chi connectivity index (χ4n) is 3.07. The van der Waals surface area contributed by atoms with Crippen molar-refractivity contribution < 1.29 is 9.53 Å². The summed E-state index contributed by atoms with van der Waals surface area (Å²) in [6.45, 7) is 3.03. The molecule has 2 aliphatic rings. The summed E-state index contributed by atoms with van der Waals surface area (Å²) in [5.41, 5.74) is 2.29. The molecule has 1 N–H and O–H groups in total. The maximum atomic E-state index is 12.8. The van der Waals surface area contributed by atoms with Gasteiger partial charge in [-0.2, -0.15) is 0 Å². The lowest BCUT2D eigenvalue weighted by atomic mass is 9.90. The number of rotatable bonds is 3. The molecule has 1 amide bonds. The molecule has 2 unspecified atom stereocenters. The Labute approximate surface area is 130 Å². The van der Waals surface area contributed by atoms with E-state index in [1.807, 2.05) is 17.0 Å². The van der Waals surface area contributed by atoms with Gasteiger partial charge in [0.15, 0.2) is 0 Å². The van der Waals surface area contributed by atoms with Gasteiger partial charge in [0.05, 0.1) is 13.2 Å². The van der Waals surface area contributed by atoms with Gasteiger partial charge in [-0.3, -0.25) is 10.1 Å². The molecule has 2 aliphatic heterocycles. The van der Waals surface area contributed by atoms with Gasteiger partial charge in [0, 0.05) is 23.9 Å². The van der Waals surface area contributed by atoms with E-state index in [4.69, 9.17) is 4.74 Å². The van der Waals surface area contributed by atoms with Crippen LogP contribution in [0.5, 0.6) is 5.75 Å². The molecule has 5 heteroatoms. The number of carbonyl (C=O) groups is 1. The number of carbonyl (C=O) groups excluding carboxylic acids is 1. The molecule has 0 spiro atoms. The largest absolute Gasteiger partial charge is 0.497 e. The van der Waals surface area contributed by atoms with Crippen LogP contribution < -0.4 is 15.0 Å². The summed E-state index contributed by atoms with van der Waals surface area (Å²) < 4.78 is 5.33. The van der Waals surface area contributed by atoms with Crippen molar-refractivity contribution in [1.29, 1.82) is 0 Å². The Balaban J connectivity index is 1.91. The van der Waals surface area contributed by atoms with E-state index in [1.165, 1.54) is 5.56 Å². The molecule has 0 radical (unpaired) electrons. The van der Waals surface area contributed by atoms with Crippen molar-refractivity contribution >= 4 is 23.4 Å². The molecular weight excluding hydrogens is 284 g/mol.